The van der Waals surface area contributed by atoms with Crippen molar-refractivity contribution in [2.45, 2.75) is 20.5 Å². The summed E-state index contributed by atoms with van der Waals surface area (Å²) in [6.45, 7) is 4.67. The molecule has 0 bridgehead atoms. The molecular weight excluding hydrogens is 270 g/mol. The second kappa shape index (κ2) is 5.56. The van der Waals surface area contributed by atoms with Crippen LogP contribution in [0.3, 0.4) is 0 Å². The van der Waals surface area contributed by atoms with Crippen LogP contribution in [0.2, 0.25) is 0 Å². The highest BCUT2D eigenvalue weighted by atomic mass is 32.1. The van der Waals surface area contributed by atoms with Crippen molar-refractivity contribution in [3.8, 4) is 0 Å². The zero-order valence-corrected chi connectivity index (χ0v) is 12.2. The van der Waals surface area contributed by atoms with E-state index in [4.69, 9.17) is 4.84 Å². The number of nitrogens with one attached hydrogen (secondary N) is 1. The minimum atomic E-state index is 0.495. The van der Waals surface area contributed by atoms with Crippen LogP contribution in [0.4, 0.5) is 5.82 Å². The fraction of sp³-hybridized carbons (Fsp3) is 0.200. The SMILES string of the molecule is Cc1sc2ncnc(NOCc3ccccc3)c2c1C. The molecule has 0 aliphatic heterocycles. The molecule has 0 radical (unpaired) electrons. The van der Waals surface area contributed by atoms with E-state index >= 15 is 0 Å². The Balaban J connectivity index is 1.78. The van der Waals surface area contributed by atoms with Gasteiger partial charge in [-0.25, -0.2) is 15.4 Å². The summed E-state index contributed by atoms with van der Waals surface area (Å²) in [4.78, 5) is 16.4. The van der Waals surface area contributed by atoms with Crippen molar-refractivity contribution >= 4 is 27.4 Å². The molecule has 0 atom stereocenters. The van der Waals surface area contributed by atoms with Gasteiger partial charge in [-0.2, -0.15) is 0 Å². The van der Waals surface area contributed by atoms with Crippen molar-refractivity contribution in [3.05, 3.63) is 52.7 Å². The molecule has 1 aromatic carbocycles. The van der Waals surface area contributed by atoms with Crippen molar-refractivity contribution in [2.24, 2.45) is 0 Å². The average Bonchev–Trinajstić information content (AvgIpc) is 2.76. The number of hydrogen-bond acceptors (Lipinski definition) is 5. The van der Waals surface area contributed by atoms with Crippen molar-refractivity contribution < 1.29 is 4.84 Å². The van der Waals surface area contributed by atoms with Crippen molar-refractivity contribution in [3.63, 3.8) is 0 Å². The minimum absolute atomic E-state index is 0.495. The molecule has 0 saturated heterocycles. The normalized spacial score (nSPS) is 10.9. The van der Waals surface area contributed by atoms with E-state index in [9.17, 15) is 0 Å². The van der Waals surface area contributed by atoms with Gasteiger partial charge in [0, 0.05) is 4.88 Å². The Morgan fingerprint density at radius 2 is 1.95 bits per heavy atom. The van der Waals surface area contributed by atoms with Gasteiger partial charge in [0.25, 0.3) is 0 Å². The van der Waals surface area contributed by atoms with Crippen LogP contribution < -0.4 is 5.48 Å². The molecule has 5 heteroatoms. The summed E-state index contributed by atoms with van der Waals surface area (Å²) in [5.74, 6) is 0.729. The van der Waals surface area contributed by atoms with Gasteiger partial charge in [0.05, 0.1) is 12.0 Å². The molecule has 0 spiro atoms. The van der Waals surface area contributed by atoms with E-state index in [0.717, 1.165) is 21.6 Å². The number of anilines is 1. The molecule has 20 heavy (non-hydrogen) atoms. The van der Waals surface area contributed by atoms with Crippen LogP contribution >= 0.6 is 11.3 Å². The van der Waals surface area contributed by atoms with Crippen LogP contribution in [0.1, 0.15) is 16.0 Å². The van der Waals surface area contributed by atoms with Crippen LogP contribution in [0, 0.1) is 13.8 Å². The number of rotatable bonds is 4. The maximum absolute atomic E-state index is 5.54. The lowest BCUT2D eigenvalue weighted by molar-refractivity contribution is 0.179. The van der Waals surface area contributed by atoms with E-state index < -0.39 is 0 Å². The van der Waals surface area contributed by atoms with Crippen molar-refractivity contribution in [1.82, 2.24) is 9.97 Å². The zero-order chi connectivity index (χ0) is 13.9. The van der Waals surface area contributed by atoms with E-state index in [-0.39, 0.29) is 0 Å². The molecular formula is C15H15N3OS. The molecule has 0 aliphatic rings. The summed E-state index contributed by atoms with van der Waals surface area (Å²) in [7, 11) is 0. The standard InChI is InChI=1S/C15H15N3OS/c1-10-11(2)20-15-13(10)14(16-9-17-15)18-19-8-12-6-4-3-5-7-12/h3-7,9H,8H2,1-2H3,(H,16,17,18). The lowest BCUT2D eigenvalue weighted by atomic mass is 10.2. The molecule has 0 amide bonds. The first kappa shape index (κ1) is 13.0. The number of aromatic nitrogens is 2. The molecule has 1 N–H and O–H groups in total. The summed E-state index contributed by atoms with van der Waals surface area (Å²) in [5, 5.41) is 1.04. The van der Waals surface area contributed by atoms with Crippen LogP contribution in [0.15, 0.2) is 36.7 Å². The summed E-state index contributed by atoms with van der Waals surface area (Å²) in [5.41, 5.74) is 5.27. The molecule has 0 saturated carbocycles. The third-order valence-electron chi connectivity index (χ3n) is 3.22. The van der Waals surface area contributed by atoms with Crippen molar-refractivity contribution in [2.75, 3.05) is 5.48 Å². The second-order valence-electron chi connectivity index (χ2n) is 4.56. The summed E-state index contributed by atoms with van der Waals surface area (Å²) in [6, 6.07) is 10.0. The first-order chi connectivity index (χ1) is 9.75. The van der Waals surface area contributed by atoms with Gasteiger partial charge < -0.3 is 0 Å². The Morgan fingerprint density at radius 3 is 2.75 bits per heavy atom. The highest BCUT2D eigenvalue weighted by Gasteiger charge is 2.11. The van der Waals surface area contributed by atoms with Gasteiger partial charge in [0.2, 0.25) is 0 Å². The van der Waals surface area contributed by atoms with E-state index in [1.807, 2.05) is 30.3 Å². The molecule has 3 aromatic rings. The second-order valence-corrected chi connectivity index (χ2v) is 5.77. The van der Waals surface area contributed by atoms with Gasteiger partial charge in [-0.05, 0) is 25.0 Å². The van der Waals surface area contributed by atoms with Crippen LogP contribution in [0.25, 0.3) is 10.2 Å². The van der Waals surface area contributed by atoms with Gasteiger partial charge >= 0.3 is 0 Å². The molecule has 3 rings (SSSR count). The number of aryl methyl sites for hydroxylation is 2. The summed E-state index contributed by atoms with van der Waals surface area (Å²) in [6.07, 6.45) is 1.56. The third kappa shape index (κ3) is 2.50. The lowest BCUT2D eigenvalue weighted by Crippen LogP contribution is -2.04. The van der Waals surface area contributed by atoms with E-state index in [0.29, 0.717) is 6.61 Å². The first-order valence-electron chi connectivity index (χ1n) is 6.38. The number of thiophene rings is 1. The molecule has 0 fully saturated rings. The number of hydrogen-bond donors (Lipinski definition) is 1. The highest BCUT2D eigenvalue weighted by molar-refractivity contribution is 7.18. The predicted molar refractivity (Wildman–Crippen MR) is 81.7 cm³/mol. The first-order valence-corrected chi connectivity index (χ1v) is 7.20. The monoisotopic (exact) mass is 285 g/mol. The van der Waals surface area contributed by atoms with Crippen molar-refractivity contribution in [1.29, 1.82) is 0 Å². The maximum Gasteiger partial charge on any atom is 0.162 e. The molecule has 2 aromatic heterocycles. The van der Waals surface area contributed by atoms with Gasteiger partial charge in [0.15, 0.2) is 5.82 Å². The van der Waals surface area contributed by atoms with Crippen LogP contribution in [0.5, 0.6) is 0 Å². The molecule has 102 valence electrons. The molecule has 0 aliphatic carbocycles. The average molecular weight is 285 g/mol. The molecule has 2 heterocycles. The van der Waals surface area contributed by atoms with E-state index in [2.05, 4.69) is 29.3 Å². The predicted octanol–water partition coefficient (Wildman–Crippen LogP) is 3.85. The largest absolute Gasteiger partial charge is 0.270 e. The topological polar surface area (TPSA) is 47.0 Å². The Kier molecular flexibility index (Phi) is 3.62. The maximum atomic E-state index is 5.54. The van der Waals surface area contributed by atoms with E-state index in [1.54, 1.807) is 17.7 Å². The van der Waals surface area contributed by atoms with Gasteiger partial charge in [-0.15, -0.1) is 11.3 Å². The Hall–Kier alpha value is -1.98. The lowest BCUT2D eigenvalue weighted by Gasteiger charge is -2.07. The smallest absolute Gasteiger partial charge is 0.162 e. The molecule has 4 nitrogen and oxygen atoms in total. The zero-order valence-electron chi connectivity index (χ0n) is 11.4. The Morgan fingerprint density at radius 1 is 1.15 bits per heavy atom. The summed E-state index contributed by atoms with van der Waals surface area (Å²) < 4.78 is 0. The third-order valence-corrected chi connectivity index (χ3v) is 4.33. The van der Waals surface area contributed by atoms with Gasteiger partial charge in [0.1, 0.15) is 11.2 Å². The highest BCUT2D eigenvalue weighted by Crippen LogP contribution is 2.32. The van der Waals surface area contributed by atoms with Crippen LogP contribution in [-0.4, -0.2) is 9.97 Å². The Labute approximate surface area is 121 Å². The summed E-state index contributed by atoms with van der Waals surface area (Å²) >= 11 is 1.68. The Bertz CT molecular complexity index is 725. The number of benzene rings is 1. The fourth-order valence-corrected chi connectivity index (χ4v) is 3.02. The quantitative estimate of drug-likeness (QED) is 0.740. The number of nitrogens with zero attached hydrogens (tertiary/aromatic N) is 2. The minimum Gasteiger partial charge on any atom is -0.270 e. The van der Waals surface area contributed by atoms with E-state index in [1.165, 1.54) is 10.4 Å². The number of fused-ring (bicyclic) bond motifs is 1. The fourth-order valence-electron chi connectivity index (χ4n) is 2.02. The van der Waals surface area contributed by atoms with Gasteiger partial charge in [-0.1, -0.05) is 30.3 Å². The van der Waals surface area contributed by atoms with Gasteiger partial charge in [-0.3, -0.25) is 4.84 Å². The molecule has 0 unspecified atom stereocenters. The van der Waals surface area contributed by atoms with Crippen LogP contribution in [-0.2, 0) is 11.4 Å².